The molecular weight excluding hydrogens is 328 g/mol. The first-order chi connectivity index (χ1) is 8.06. The van der Waals surface area contributed by atoms with Crippen LogP contribution in [0.15, 0.2) is 37.6 Å². The highest BCUT2D eigenvalue weighted by Crippen LogP contribution is 2.25. The third-order valence-electron chi connectivity index (χ3n) is 1.92. The topological polar surface area (TPSA) is 67.5 Å². The molecule has 1 atom stereocenters. The first-order valence-corrected chi connectivity index (χ1v) is 7.45. The predicted octanol–water partition coefficient (Wildman–Crippen LogP) is 3.11. The highest BCUT2D eigenvalue weighted by Gasteiger charge is 2.14. The number of halogens is 1. The molecule has 2 aromatic rings. The Morgan fingerprint density at radius 1 is 1.41 bits per heavy atom. The van der Waals surface area contributed by atoms with Gasteiger partial charge in [-0.15, -0.1) is 11.3 Å². The normalized spacial score (nSPS) is 12.5. The number of thiophene rings is 1. The number of carbonyl (C=O) groups is 1. The molecule has 90 valence electrons. The van der Waals surface area contributed by atoms with Gasteiger partial charge in [0.2, 0.25) is 5.76 Å². The third-order valence-corrected chi connectivity index (χ3v) is 4.97. The van der Waals surface area contributed by atoms with Gasteiger partial charge in [-0.1, -0.05) is 0 Å². The molecule has 2 rings (SSSR count). The molecule has 0 saturated heterocycles. The van der Waals surface area contributed by atoms with Crippen molar-refractivity contribution in [1.29, 1.82) is 0 Å². The highest BCUT2D eigenvalue weighted by atomic mass is 79.9. The maximum atomic E-state index is 11.9. The predicted molar refractivity (Wildman–Crippen MR) is 67.8 cm³/mol. The van der Waals surface area contributed by atoms with Crippen LogP contribution in [0.4, 0.5) is 0 Å². The van der Waals surface area contributed by atoms with E-state index in [1.807, 2.05) is 12.1 Å². The molecule has 0 amide bonds. The van der Waals surface area contributed by atoms with E-state index in [9.17, 15) is 9.00 Å². The van der Waals surface area contributed by atoms with E-state index in [4.69, 9.17) is 9.52 Å². The van der Waals surface area contributed by atoms with Crippen LogP contribution in [-0.4, -0.2) is 15.3 Å². The molecular formula is C10H7BrO4S2. The smallest absolute Gasteiger partial charge is 0.371 e. The molecule has 1 N–H and O–H groups in total. The van der Waals surface area contributed by atoms with Crippen LogP contribution < -0.4 is 0 Å². The molecule has 0 radical (unpaired) electrons. The molecule has 2 aromatic heterocycles. The Balaban J connectivity index is 2.11. The van der Waals surface area contributed by atoms with Crippen LogP contribution in [0.25, 0.3) is 0 Å². The van der Waals surface area contributed by atoms with Gasteiger partial charge in [-0.05, 0) is 40.2 Å². The van der Waals surface area contributed by atoms with Crippen molar-refractivity contribution in [1.82, 2.24) is 0 Å². The molecule has 2 heterocycles. The summed E-state index contributed by atoms with van der Waals surface area (Å²) in [7, 11) is -1.36. The van der Waals surface area contributed by atoms with Gasteiger partial charge in [0, 0.05) is 4.88 Å². The standard InChI is InChI=1S/C10H7BrO4S2/c11-8-3-1-6(16-8)5-17(14)9-4-2-7(15-9)10(12)13/h1-4H,5H2,(H,12,13). The second kappa shape index (κ2) is 5.16. The van der Waals surface area contributed by atoms with Gasteiger partial charge in [-0.25, -0.2) is 4.79 Å². The van der Waals surface area contributed by atoms with Crippen LogP contribution in [0.5, 0.6) is 0 Å². The van der Waals surface area contributed by atoms with Crippen LogP contribution in [0.2, 0.25) is 0 Å². The molecule has 4 nitrogen and oxygen atoms in total. The zero-order chi connectivity index (χ0) is 12.4. The van der Waals surface area contributed by atoms with Crippen molar-refractivity contribution >= 4 is 44.0 Å². The summed E-state index contributed by atoms with van der Waals surface area (Å²) in [6.45, 7) is 0. The lowest BCUT2D eigenvalue weighted by Gasteiger charge is -1.95. The minimum Gasteiger partial charge on any atom is -0.475 e. The summed E-state index contributed by atoms with van der Waals surface area (Å²) in [6.07, 6.45) is 0. The lowest BCUT2D eigenvalue weighted by Crippen LogP contribution is -1.94. The van der Waals surface area contributed by atoms with E-state index in [1.165, 1.54) is 23.5 Å². The third kappa shape index (κ3) is 3.05. The maximum absolute atomic E-state index is 11.9. The second-order valence-corrected chi connectivity index (χ2v) is 7.05. The molecule has 0 aliphatic carbocycles. The van der Waals surface area contributed by atoms with Crippen molar-refractivity contribution in [2.24, 2.45) is 0 Å². The zero-order valence-electron chi connectivity index (χ0n) is 8.38. The molecule has 0 aromatic carbocycles. The van der Waals surface area contributed by atoms with Crippen molar-refractivity contribution in [3.63, 3.8) is 0 Å². The van der Waals surface area contributed by atoms with Crippen molar-refractivity contribution in [3.8, 4) is 0 Å². The summed E-state index contributed by atoms with van der Waals surface area (Å²) in [5.74, 6) is -1.03. The molecule has 0 saturated carbocycles. The largest absolute Gasteiger partial charge is 0.475 e. The van der Waals surface area contributed by atoms with Crippen LogP contribution >= 0.6 is 27.3 Å². The Bertz CT molecular complexity index is 572. The number of aromatic carboxylic acids is 1. The van der Waals surface area contributed by atoms with Gasteiger partial charge in [0.15, 0.2) is 5.09 Å². The zero-order valence-corrected chi connectivity index (χ0v) is 11.6. The average molecular weight is 335 g/mol. The molecule has 7 heteroatoms. The Morgan fingerprint density at radius 3 is 2.71 bits per heavy atom. The van der Waals surface area contributed by atoms with Crippen molar-refractivity contribution < 1.29 is 18.5 Å². The summed E-state index contributed by atoms with van der Waals surface area (Å²) < 4.78 is 17.8. The Kier molecular flexibility index (Phi) is 3.80. The van der Waals surface area contributed by atoms with Crippen LogP contribution in [0, 0.1) is 0 Å². The van der Waals surface area contributed by atoms with E-state index in [1.54, 1.807) is 0 Å². The van der Waals surface area contributed by atoms with E-state index in [2.05, 4.69) is 15.9 Å². The first-order valence-electron chi connectivity index (χ1n) is 4.52. The summed E-state index contributed by atoms with van der Waals surface area (Å²) in [6, 6.07) is 6.48. The number of rotatable bonds is 4. The molecule has 0 aliphatic heterocycles. The van der Waals surface area contributed by atoms with Gasteiger partial charge in [-0.3, -0.25) is 4.21 Å². The molecule has 0 fully saturated rings. The lowest BCUT2D eigenvalue weighted by molar-refractivity contribution is 0.0656. The summed E-state index contributed by atoms with van der Waals surface area (Å²) >= 11 is 4.81. The van der Waals surface area contributed by atoms with Gasteiger partial charge >= 0.3 is 5.97 Å². The van der Waals surface area contributed by atoms with Crippen molar-refractivity contribution in [2.75, 3.05) is 0 Å². The fourth-order valence-corrected chi connectivity index (χ4v) is 3.92. The summed E-state index contributed by atoms with van der Waals surface area (Å²) in [5.41, 5.74) is 0. The highest BCUT2D eigenvalue weighted by molar-refractivity contribution is 9.11. The van der Waals surface area contributed by atoms with Gasteiger partial charge in [0.05, 0.1) is 20.3 Å². The SMILES string of the molecule is O=C(O)c1ccc(S(=O)Cc2ccc(Br)s2)o1. The van der Waals surface area contributed by atoms with Gasteiger partial charge in [0.25, 0.3) is 0 Å². The number of carboxylic acids is 1. The molecule has 1 unspecified atom stereocenters. The number of hydrogen-bond donors (Lipinski definition) is 1. The fourth-order valence-electron chi connectivity index (χ4n) is 1.19. The minimum atomic E-state index is -1.36. The minimum absolute atomic E-state index is 0.187. The van der Waals surface area contributed by atoms with E-state index in [0.717, 1.165) is 8.66 Å². The van der Waals surface area contributed by atoms with Crippen LogP contribution in [0.1, 0.15) is 15.4 Å². The average Bonchev–Trinajstić information content (AvgIpc) is 2.86. The molecule has 0 aliphatic rings. The molecule has 0 spiro atoms. The van der Waals surface area contributed by atoms with Crippen LogP contribution in [-0.2, 0) is 16.6 Å². The molecule has 17 heavy (non-hydrogen) atoms. The number of furan rings is 1. The fraction of sp³-hybridized carbons (Fsp3) is 0.100. The van der Waals surface area contributed by atoms with Gasteiger partial charge in [0.1, 0.15) is 0 Å². The van der Waals surface area contributed by atoms with Crippen molar-refractivity contribution in [2.45, 2.75) is 10.8 Å². The number of hydrogen-bond acceptors (Lipinski definition) is 4. The Labute approximate surface area is 112 Å². The van der Waals surface area contributed by atoms with Gasteiger partial charge < -0.3 is 9.52 Å². The van der Waals surface area contributed by atoms with E-state index < -0.39 is 16.8 Å². The summed E-state index contributed by atoms with van der Waals surface area (Å²) in [4.78, 5) is 11.5. The monoisotopic (exact) mass is 334 g/mol. The number of carboxylic acid groups (broad SMARTS) is 1. The van der Waals surface area contributed by atoms with Gasteiger partial charge in [-0.2, -0.15) is 0 Å². The lowest BCUT2D eigenvalue weighted by atomic mass is 10.5. The quantitative estimate of drug-likeness (QED) is 0.932. The van der Waals surface area contributed by atoms with E-state index in [-0.39, 0.29) is 10.9 Å². The van der Waals surface area contributed by atoms with E-state index in [0.29, 0.717) is 5.75 Å². The second-order valence-electron chi connectivity index (χ2n) is 3.12. The summed E-state index contributed by atoms with van der Waals surface area (Å²) in [5, 5.41) is 8.86. The Hall–Kier alpha value is -0.920. The van der Waals surface area contributed by atoms with Crippen molar-refractivity contribution in [3.05, 3.63) is 38.7 Å². The molecule has 0 bridgehead atoms. The Morgan fingerprint density at radius 2 is 2.18 bits per heavy atom. The maximum Gasteiger partial charge on any atom is 0.371 e. The van der Waals surface area contributed by atoms with E-state index >= 15 is 0 Å². The van der Waals surface area contributed by atoms with Crippen LogP contribution in [0.3, 0.4) is 0 Å². The first kappa shape index (κ1) is 12.5.